The first-order valence-corrected chi connectivity index (χ1v) is 10.6. The van der Waals surface area contributed by atoms with Crippen LogP contribution in [0.1, 0.15) is 29.4 Å². The normalized spacial score (nSPS) is 20.3. The van der Waals surface area contributed by atoms with E-state index in [0.29, 0.717) is 43.6 Å². The standard InChI is InChI=1S/C23H23F2N5O2/c1-31-5-6-32-16-12-30(13-16)20-8-14(7-19(24)21(20)25)17-9-18(17)15-10-28-23(29-11-15)22-26-3-2-4-27-22/h2-4,7-8,10-11,16-18H,5-6,9,12-13H2,1H3/t17-,18-/m0/s1. The highest BCUT2D eigenvalue weighted by molar-refractivity contribution is 5.55. The van der Waals surface area contributed by atoms with Gasteiger partial charge in [0.25, 0.3) is 0 Å². The summed E-state index contributed by atoms with van der Waals surface area (Å²) in [6, 6.07) is 4.81. The number of ether oxygens (including phenoxy) is 2. The van der Waals surface area contributed by atoms with Crippen LogP contribution >= 0.6 is 0 Å². The Bertz CT molecular complexity index is 1080. The van der Waals surface area contributed by atoms with Gasteiger partial charge in [0.1, 0.15) is 0 Å². The fraction of sp³-hybridized carbons (Fsp3) is 0.391. The molecule has 1 aliphatic heterocycles. The molecule has 3 aromatic rings. The van der Waals surface area contributed by atoms with Gasteiger partial charge in [0.05, 0.1) is 25.0 Å². The van der Waals surface area contributed by atoms with Gasteiger partial charge in [-0.05, 0) is 47.6 Å². The zero-order valence-electron chi connectivity index (χ0n) is 17.6. The molecule has 1 aliphatic carbocycles. The molecule has 0 spiro atoms. The number of nitrogens with zero attached hydrogens (tertiary/aromatic N) is 5. The van der Waals surface area contributed by atoms with Crippen LogP contribution < -0.4 is 4.90 Å². The maximum atomic E-state index is 14.5. The molecule has 1 saturated carbocycles. The predicted octanol–water partition coefficient (Wildman–Crippen LogP) is 3.33. The summed E-state index contributed by atoms with van der Waals surface area (Å²) in [6.45, 7) is 2.08. The average Bonchev–Trinajstić information content (AvgIpc) is 3.59. The number of hydrogen-bond acceptors (Lipinski definition) is 7. The third kappa shape index (κ3) is 4.18. The largest absolute Gasteiger partial charge is 0.382 e. The summed E-state index contributed by atoms with van der Waals surface area (Å²) >= 11 is 0. The maximum Gasteiger partial charge on any atom is 0.197 e. The summed E-state index contributed by atoms with van der Waals surface area (Å²) in [5.41, 5.74) is 2.06. The number of benzene rings is 1. The molecule has 0 amide bonds. The number of halogens is 2. The Morgan fingerprint density at radius 1 is 0.938 bits per heavy atom. The van der Waals surface area contributed by atoms with Crippen molar-refractivity contribution in [2.45, 2.75) is 24.4 Å². The number of hydrogen-bond donors (Lipinski definition) is 0. The van der Waals surface area contributed by atoms with Crippen molar-refractivity contribution in [1.82, 2.24) is 19.9 Å². The molecule has 0 bridgehead atoms. The quantitative estimate of drug-likeness (QED) is 0.499. The van der Waals surface area contributed by atoms with Gasteiger partial charge < -0.3 is 14.4 Å². The molecule has 2 atom stereocenters. The van der Waals surface area contributed by atoms with Crippen LogP contribution in [-0.2, 0) is 9.47 Å². The maximum absolute atomic E-state index is 14.5. The highest BCUT2D eigenvalue weighted by Crippen LogP contribution is 2.55. The zero-order chi connectivity index (χ0) is 22.1. The van der Waals surface area contributed by atoms with Gasteiger partial charge in [-0.15, -0.1) is 0 Å². The average molecular weight is 439 g/mol. The van der Waals surface area contributed by atoms with E-state index in [4.69, 9.17) is 9.47 Å². The second-order valence-electron chi connectivity index (χ2n) is 8.09. The Morgan fingerprint density at radius 3 is 2.34 bits per heavy atom. The van der Waals surface area contributed by atoms with Crippen molar-refractivity contribution in [2.24, 2.45) is 0 Å². The lowest BCUT2D eigenvalue weighted by atomic mass is 10.0. The monoisotopic (exact) mass is 439 g/mol. The molecule has 1 saturated heterocycles. The molecule has 1 aromatic carbocycles. The Hall–Kier alpha value is -3.04. The highest BCUT2D eigenvalue weighted by Gasteiger charge is 2.41. The second-order valence-corrected chi connectivity index (χ2v) is 8.09. The molecule has 32 heavy (non-hydrogen) atoms. The lowest BCUT2D eigenvalue weighted by molar-refractivity contribution is 0.00377. The van der Waals surface area contributed by atoms with E-state index >= 15 is 0 Å². The van der Waals surface area contributed by atoms with Gasteiger partial charge in [-0.3, -0.25) is 0 Å². The predicted molar refractivity (Wildman–Crippen MR) is 113 cm³/mol. The molecule has 5 rings (SSSR count). The van der Waals surface area contributed by atoms with Gasteiger partial charge in [0.2, 0.25) is 0 Å². The van der Waals surface area contributed by atoms with E-state index < -0.39 is 11.6 Å². The third-order valence-corrected chi connectivity index (χ3v) is 5.95. The summed E-state index contributed by atoms with van der Waals surface area (Å²) in [5, 5.41) is 0. The Balaban J connectivity index is 1.26. The Kier molecular flexibility index (Phi) is 5.75. The topological polar surface area (TPSA) is 73.3 Å². The minimum atomic E-state index is -0.820. The molecular formula is C23H23F2N5O2. The molecule has 2 aromatic heterocycles. The lowest BCUT2D eigenvalue weighted by Crippen LogP contribution is -2.53. The molecule has 7 nitrogen and oxygen atoms in total. The lowest BCUT2D eigenvalue weighted by Gasteiger charge is -2.41. The summed E-state index contributed by atoms with van der Waals surface area (Å²) in [5.74, 6) is -0.407. The minimum absolute atomic E-state index is 0.00852. The Labute approximate surface area is 184 Å². The fourth-order valence-electron chi connectivity index (χ4n) is 4.07. The molecule has 0 N–H and O–H groups in total. The van der Waals surface area contributed by atoms with Crippen LogP contribution in [0.4, 0.5) is 14.5 Å². The summed E-state index contributed by atoms with van der Waals surface area (Å²) in [6.07, 6.45) is 7.67. The van der Waals surface area contributed by atoms with Crippen molar-refractivity contribution in [3.8, 4) is 11.6 Å². The van der Waals surface area contributed by atoms with Crippen LogP contribution in [0.5, 0.6) is 0 Å². The first kappa shape index (κ1) is 20.8. The molecule has 0 radical (unpaired) electrons. The van der Waals surface area contributed by atoms with Gasteiger partial charge in [-0.1, -0.05) is 0 Å². The molecular weight excluding hydrogens is 416 g/mol. The van der Waals surface area contributed by atoms with Gasteiger partial charge in [0.15, 0.2) is 23.3 Å². The number of anilines is 1. The second kappa shape index (κ2) is 8.84. The van der Waals surface area contributed by atoms with Crippen LogP contribution in [0.15, 0.2) is 43.0 Å². The van der Waals surface area contributed by atoms with Gasteiger partial charge in [-0.2, -0.15) is 0 Å². The van der Waals surface area contributed by atoms with Crippen molar-refractivity contribution in [1.29, 1.82) is 0 Å². The van der Waals surface area contributed by atoms with Gasteiger partial charge in [0, 0.05) is 45.0 Å². The molecule has 0 unspecified atom stereocenters. The van der Waals surface area contributed by atoms with E-state index in [0.717, 1.165) is 17.5 Å². The van der Waals surface area contributed by atoms with Crippen LogP contribution in [-0.4, -0.2) is 59.5 Å². The van der Waals surface area contributed by atoms with Crippen molar-refractivity contribution in [2.75, 3.05) is 38.3 Å². The van der Waals surface area contributed by atoms with Crippen molar-refractivity contribution in [3.05, 3.63) is 65.7 Å². The molecule has 9 heteroatoms. The van der Waals surface area contributed by atoms with Crippen LogP contribution in [0.3, 0.4) is 0 Å². The number of aromatic nitrogens is 4. The fourth-order valence-corrected chi connectivity index (χ4v) is 4.07. The van der Waals surface area contributed by atoms with E-state index in [1.54, 1.807) is 44.0 Å². The SMILES string of the molecule is COCCOC1CN(c2cc([C@@H]3C[C@H]3c3cnc(-c4ncccn4)nc3)cc(F)c2F)C1. The molecule has 166 valence electrons. The summed E-state index contributed by atoms with van der Waals surface area (Å²) < 4.78 is 39.5. The summed E-state index contributed by atoms with van der Waals surface area (Å²) in [7, 11) is 1.61. The van der Waals surface area contributed by atoms with E-state index in [1.165, 1.54) is 6.07 Å². The van der Waals surface area contributed by atoms with Crippen molar-refractivity contribution in [3.63, 3.8) is 0 Å². The molecule has 3 heterocycles. The molecule has 2 fully saturated rings. The third-order valence-electron chi connectivity index (χ3n) is 5.95. The number of rotatable bonds is 8. The smallest absolute Gasteiger partial charge is 0.197 e. The van der Waals surface area contributed by atoms with Gasteiger partial charge in [-0.25, -0.2) is 28.7 Å². The highest BCUT2D eigenvalue weighted by atomic mass is 19.2. The van der Waals surface area contributed by atoms with Gasteiger partial charge >= 0.3 is 0 Å². The zero-order valence-corrected chi connectivity index (χ0v) is 17.6. The van der Waals surface area contributed by atoms with E-state index in [2.05, 4.69) is 19.9 Å². The first-order chi connectivity index (χ1) is 15.6. The Morgan fingerprint density at radius 2 is 1.62 bits per heavy atom. The number of methoxy groups -OCH3 is 1. The van der Waals surface area contributed by atoms with Crippen LogP contribution in [0.25, 0.3) is 11.6 Å². The van der Waals surface area contributed by atoms with Crippen LogP contribution in [0.2, 0.25) is 0 Å². The summed E-state index contributed by atoms with van der Waals surface area (Å²) in [4.78, 5) is 18.9. The molecule has 2 aliphatic rings. The van der Waals surface area contributed by atoms with Crippen molar-refractivity contribution >= 4 is 5.69 Å². The minimum Gasteiger partial charge on any atom is -0.382 e. The van der Waals surface area contributed by atoms with E-state index in [-0.39, 0.29) is 17.9 Å². The van der Waals surface area contributed by atoms with E-state index in [1.807, 2.05) is 4.90 Å². The van der Waals surface area contributed by atoms with E-state index in [9.17, 15) is 8.78 Å². The first-order valence-electron chi connectivity index (χ1n) is 10.6. The van der Waals surface area contributed by atoms with Crippen molar-refractivity contribution < 1.29 is 18.3 Å². The van der Waals surface area contributed by atoms with Crippen LogP contribution in [0, 0.1) is 11.6 Å².